The van der Waals surface area contributed by atoms with E-state index >= 15 is 0 Å². The molecule has 1 atom stereocenters. The molecule has 0 aliphatic carbocycles. The van der Waals surface area contributed by atoms with Gasteiger partial charge in [0.1, 0.15) is 5.60 Å². The Morgan fingerprint density at radius 1 is 1.43 bits per heavy atom. The van der Waals surface area contributed by atoms with Gasteiger partial charge in [0.15, 0.2) is 0 Å². The van der Waals surface area contributed by atoms with Gasteiger partial charge >= 0.3 is 6.09 Å². The van der Waals surface area contributed by atoms with Crippen LogP contribution in [0.5, 0.6) is 0 Å². The molecule has 1 aliphatic heterocycles. The number of nitrogens with one attached hydrogen (secondary N) is 1. The van der Waals surface area contributed by atoms with E-state index in [1.165, 1.54) is 4.90 Å². The van der Waals surface area contributed by atoms with Crippen LogP contribution in [0.4, 0.5) is 10.5 Å². The van der Waals surface area contributed by atoms with Crippen molar-refractivity contribution in [1.29, 1.82) is 0 Å². The number of anilines is 1. The highest BCUT2D eigenvalue weighted by Gasteiger charge is 2.27. The molecule has 0 aromatic heterocycles. The molecule has 0 spiro atoms. The number of thioether (sulfide) groups is 1. The molecule has 1 aliphatic rings. The number of likely N-dealkylation sites (tertiary alicyclic amines) is 1. The number of hydrogen-bond donors (Lipinski definition) is 1. The zero-order valence-electron chi connectivity index (χ0n) is 14.6. The van der Waals surface area contributed by atoms with Crippen molar-refractivity contribution >= 4 is 23.5 Å². The first-order chi connectivity index (χ1) is 10.9. The van der Waals surface area contributed by atoms with Crippen LogP contribution < -0.4 is 5.32 Å². The first kappa shape index (κ1) is 18.0. The largest absolute Gasteiger partial charge is 0.444 e. The molecule has 128 valence electrons. The Labute approximate surface area is 144 Å². The summed E-state index contributed by atoms with van der Waals surface area (Å²) < 4.78 is 5.48. The van der Waals surface area contributed by atoms with Gasteiger partial charge in [-0.2, -0.15) is 0 Å². The smallest absolute Gasteiger partial charge is 0.410 e. The molecule has 4 nitrogen and oxygen atoms in total. The van der Waals surface area contributed by atoms with Gasteiger partial charge in [-0.3, -0.25) is 0 Å². The van der Waals surface area contributed by atoms with E-state index in [-0.39, 0.29) is 6.09 Å². The Morgan fingerprint density at radius 3 is 2.91 bits per heavy atom. The van der Waals surface area contributed by atoms with Gasteiger partial charge < -0.3 is 15.0 Å². The average Bonchev–Trinajstić information content (AvgIpc) is 2.52. The van der Waals surface area contributed by atoms with Crippen LogP contribution in [0.2, 0.25) is 0 Å². The van der Waals surface area contributed by atoms with Crippen molar-refractivity contribution < 1.29 is 9.53 Å². The van der Waals surface area contributed by atoms with Crippen LogP contribution >= 0.6 is 11.8 Å². The molecule has 1 saturated heterocycles. The summed E-state index contributed by atoms with van der Waals surface area (Å²) in [4.78, 5) is 15.3. The Bertz CT molecular complexity index is 528. The second-order valence-corrected chi connectivity index (χ2v) is 7.93. The third-order valence-corrected chi connectivity index (χ3v) is 4.56. The van der Waals surface area contributed by atoms with Crippen molar-refractivity contribution in [2.24, 2.45) is 5.92 Å². The summed E-state index contributed by atoms with van der Waals surface area (Å²) in [6.45, 7) is 8.18. The molecule has 1 fully saturated rings. The highest BCUT2D eigenvalue weighted by Crippen LogP contribution is 2.22. The number of nitrogens with zero attached hydrogens (tertiary/aromatic N) is 1. The second kappa shape index (κ2) is 7.95. The molecule has 1 aromatic carbocycles. The maximum absolute atomic E-state index is 12.2. The van der Waals surface area contributed by atoms with Crippen LogP contribution in [0.3, 0.4) is 0 Å². The molecule has 0 radical (unpaired) electrons. The molecular formula is C18H28N2O2S. The van der Waals surface area contributed by atoms with Gasteiger partial charge in [0.05, 0.1) is 0 Å². The maximum atomic E-state index is 12.2. The van der Waals surface area contributed by atoms with E-state index in [1.807, 2.05) is 25.7 Å². The van der Waals surface area contributed by atoms with Crippen LogP contribution in [0.1, 0.15) is 33.6 Å². The number of benzene rings is 1. The summed E-state index contributed by atoms with van der Waals surface area (Å²) in [6.07, 6.45) is 4.08. The van der Waals surface area contributed by atoms with E-state index in [1.54, 1.807) is 11.8 Å². The summed E-state index contributed by atoms with van der Waals surface area (Å²) in [5, 5.41) is 3.50. The van der Waals surface area contributed by atoms with Crippen LogP contribution in [0.15, 0.2) is 29.2 Å². The van der Waals surface area contributed by atoms with Crippen molar-refractivity contribution in [3.63, 3.8) is 0 Å². The van der Waals surface area contributed by atoms with Crippen LogP contribution in [0.25, 0.3) is 0 Å². The van der Waals surface area contributed by atoms with Gasteiger partial charge in [0.2, 0.25) is 0 Å². The zero-order chi connectivity index (χ0) is 16.9. The fourth-order valence-corrected chi connectivity index (χ4v) is 3.18. The van der Waals surface area contributed by atoms with Gasteiger partial charge in [-0.15, -0.1) is 11.8 Å². The fraction of sp³-hybridized carbons (Fsp3) is 0.611. The van der Waals surface area contributed by atoms with E-state index in [2.05, 4.69) is 35.8 Å². The van der Waals surface area contributed by atoms with Crippen LogP contribution in [-0.4, -0.2) is 42.5 Å². The van der Waals surface area contributed by atoms with E-state index in [0.29, 0.717) is 5.92 Å². The number of rotatable bonds is 4. The maximum Gasteiger partial charge on any atom is 0.410 e. The predicted molar refractivity (Wildman–Crippen MR) is 97.2 cm³/mol. The molecule has 2 rings (SSSR count). The number of ether oxygens (including phenoxy) is 1. The minimum Gasteiger partial charge on any atom is -0.444 e. The monoisotopic (exact) mass is 336 g/mol. The van der Waals surface area contributed by atoms with Crippen molar-refractivity contribution in [3.8, 4) is 0 Å². The fourth-order valence-electron chi connectivity index (χ4n) is 2.72. The molecule has 0 saturated carbocycles. The Kier molecular flexibility index (Phi) is 6.22. The van der Waals surface area contributed by atoms with Crippen molar-refractivity contribution in [3.05, 3.63) is 24.3 Å². The topological polar surface area (TPSA) is 41.6 Å². The SMILES string of the molecule is CSc1cccc(NCC2CCCN(C(=O)OC(C)(C)C)C2)c1. The van der Waals surface area contributed by atoms with E-state index in [0.717, 1.165) is 38.2 Å². The number of hydrogen-bond acceptors (Lipinski definition) is 4. The lowest BCUT2D eigenvalue weighted by atomic mass is 9.98. The molecule has 1 aromatic rings. The quantitative estimate of drug-likeness (QED) is 0.824. The second-order valence-electron chi connectivity index (χ2n) is 7.05. The molecular weight excluding hydrogens is 308 g/mol. The first-order valence-electron chi connectivity index (χ1n) is 8.23. The molecule has 5 heteroatoms. The minimum atomic E-state index is -0.430. The standard InChI is InChI=1S/C18H28N2O2S/c1-18(2,3)22-17(21)20-10-6-7-14(13-20)12-19-15-8-5-9-16(11-15)23-4/h5,8-9,11,14,19H,6-7,10,12-13H2,1-4H3. The van der Waals surface area contributed by atoms with Gasteiger partial charge in [0.25, 0.3) is 0 Å². The lowest BCUT2D eigenvalue weighted by Gasteiger charge is -2.34. The Morgan fingerprint density at radius 2 is 2.22 bits per heavy atom. The summed E-state index contributed by atoms with van der Waals surface area (Å²) in [5.74, 6) is 0.467. The average molecular weight is 337 g/mol. The van der Waals surface area contributed by atoms with E-state index < -0.39 is 5.60 Å². The highest BCUT2D eigenvalue weighted by molar-refractivity contribution is 7.98. The van der Waals surface area contributed by atoms with E-state index in [4.69, 9.17) is 4.74 Å². The highest BCUT2D eigenvalue weighted by atomic mass is 32.2. The van der Waals surface area contributed by atoms with Crippen molar-refractivity contribution in [2.75, 3.05) is 31.2 Å². The number of carbonyl (C=O) groups excluding carboxylic acids is 1. The normalized spacial score (nSPS) is 18.6. The van der Waals surface area contributed by atoms with Gasteiger partial charge in [-0.25, -0.2) is 4.79 Å². The Balaban J connectivity index is 1.85. The molecule has 23 heavy (non-hydrogen) atoms. The van der Waals surface area contributed by atoms with Crippen LogP contribution in [0, 0.1) is 5.92 Å². The molecule has 1 N–H and O–H groups in total. The number of piperidine rings is 1. The summed E-state index contributed by atoms with van der Waals surface area (Å²) in [6, 6.07) is 8.44. The van der Waals surface area contributed by atoms with Crippen molar-refractivity contribution in [1.82, 2.24) is 4.90 Å². The third-order valence-electron chi connectivity index (χ3n) is 3.84. The lowest BCUT2D eigenvalue weighted by Crippen LogP contribution is -2.44. The van der Waals surface area contributed by atoms with Gasteiger partial charge in [0, 0.05) is 30.2 Å². The molecule has 0 bridgehead atoms. The predicted octanol–water partition coefficient (Wildman–Crippen LogP) is 4.47. The minimum absolute atomic E-state index is 0.188. The molecule has 1 unspecified atom stereocenters. The first-order valence-corrected chi connectivity index (χ1v) is 9.46. The van der Waals surface area contributed by atoms with Gasteiger partial charge in [-0.1, -0.05) is 6.07 Å². The number of amides is 1. The summed E-state index contributed by atoms with van der Waals surface area (Å²) in [5.41, 5.74) is 0.715. The van der Waals surface area contributed by atoms with Gasteiger partial charge in [-0.05, 0) is 64.0 Å². The van der Waals surface area contributed by atoms with E-state index in [9.17, 15) is 4.79 Å². The molecule has 1 amide bonds. The van der Waals surface area contributed by atoms with Crippen molar-refractivity contribution in [2.45, 2.75) is 44.1 Å². The lowest BCUT2D eigenvalue weighted by molar-refractivity contribution is 0.0172. The third kappa shape index (κ3) is 5.98. The summed E-state index contributed by atoms with van der Waals surface area (Å²) >= 11 is 1.74. The summed E-state index contributed by atoms with van der Waals surface area (Å²) in [7, 11) is 0. The Hall–Kier alpha value is -1.36. The van der Waals surface area contributed by atoms with Crippen LogP contribution in [-0.2, 0) is 4.74 Å². The zero-order valence-corrected chi connectivity index (χ0v) is 15.4. The number of carbonyl (C=O) groups is 1. The molecule has 1 heterocycles.